The van der Waals surface area contributed by atoms with Crippen LogP contribution in [-0.2, 0) is 4.79 Å². The van der Waals surface area contributed by atoms with Crippen LogP contribution in [0, 0.1) is 5.41 Å². The van der Waals surface area contributed by atoms with E-state index in [1.54, 1.807) is 6.92 Å². The lowest BCUT2D eigenvalue weighted by atomic mass is 9.75. The number of methoxy groups -OCH3 is 1. The van der Waals surface area contributed by atoms with Crippen molar-refractivity contribution < 1.29 is 19.4 Å². The molecule has 0 radical (unpaired) electrons. The maximum Gasteiger partial charge on any atom is 0.274 e. The second-order valence-corrected chi connectivity index (χ2v) is 7.35. The predicted octanol–water partition coefficient (Wildman–Crippen LogP) is 2.00. The summed E-state index contributed by atoms with van der Waals surface area (Å²) in [5, 5.41) is 15.5. The second-order valence-electron chi connectivity index (χ2n) is 7.35. The molecular formula is C18H27N3O4. The number of nitrogens with zero attached hydrogens (tertiary/aromatic N) is 1. The van der Waals surface area contributed by atoms with Gasteiger partial charge in [0.2, 0.25) is 5.91 Å². The zero-order chi connectivity index (χ0) is 18.6. The van der Waals surface area contributed by atoms with Gasteiger partial charge in [-0.25, -0.2) is 4.98 Å². The summed E-state index contributed by atoms with van der Waals surface area (Å²) in [6.45, 7) is 6.08. The van der Waals surface area contributed by atoms with E-state index in [-0.39, 0.29) is 29.1 Å². The van der Waals surface area contributed by atoms with Crippen molar-refractivity contribution in [2.24, 2.45) is 5.41 Å². The fraction of sp³-hybridized carbons (Fsp3) is 0.611. The molecule has 7 heteroatoms. The Balaban J connectivity index is 1.92. The molecule has 1 aliphatic carbocycles. The molecule has 1 saturated carbocycles. The Labute approximate surface area is 148 Å². The van der Waals surface area contributed by atoms with E-state index in [2.05, 4.69) is 29.5 Å². The Morgan fingerprint density at radius 2 is 2.00 bits per heavy atom. The molecule has 0 spiro atoms. The van der Waals surface area contributed by atoms with Crippen LogP contribution in [0.2, 0.25) is 0 Å². The van der Waals surface area contributed by atoms with Crippen molar-refractivity contribution in [1.29, 1.82) is 0 Å². The van der Waals surface area contributed by atoms with Gasteiger partial charge in [-0.2, -0.15) is 0 Å². The summed E-state index contributed by atoms with van der Waals surface area (Å²) >= 11 is 0. The first-order valence-electron chi connectivity index (χ1n) is 8.57. The number of aromatic nitrogens is 1. The minimum Gasteiger partial charge on any atom is -0.503 e. The number of ether oxygens (including phenoxy) is 1. The molecule has 0 aliphatic heterocycles. The fourth-order valence-corrected chi connectivity index (χ4v) is 2.97. The summed E-state index contributed by atoms with van der Waals surface area (Å²) in [6, 6.07) is 0.866. The average molecular weight is 349 g/mol. The van der Waals surface area contributed by atoms with Crippen LogP contribution in [0.25, 0.3) is 0 Å². The summed E-state index contributed by atoms with van der Waals surface area (Å²) in [5.74, 6) is -1.05. The molecule has 2 rings (SSSR count). The summed E-state index contributed by atoms with van der Waals surface area (Å²) in [7, 11) is 1.39. The summed E-state index contributed by atoms with van der Waals surface area (Å²) in [6.07, 6.45) is 5.39. The molecule has 1 aromatic rings. The molecule has 2 amide bonds. The summed E-state index contributed by atoms with van der Waals surface area (Å²) < 4.78 is 4.96. The third-order valence-corrected chi connectivity index (χ3v) is 4.75. The molecule has 1 fully saturated rings. The lowest BCUT2D eigenvalue weighted by Crippen LogP contribution is -2.49. The average Bonchev–Trinajstić information content (AvgIpc) is 2.56. The molecule has 0 bridgehead atoms. The van der Waals surface area contributed by atoms with E-state index in [0.717, 1.165) is 25.7 Å². The van der Waals surface area contributed by atoms with Crippen molar-refractivity contribution >= 4 is 11.8 Å². The maximum absolute atomic E-state index is 12.3. The van der Waals surface area contributed by atoms with Crippen LogP contribution in [-0.4, -0.2) is 41.1 Å². The largest absolute Gasteiger partial charge is 0.503 e. The van der Waals surface area contributed by atoms with Crippen LogP contribution in [0.15, 0.2) is 12.3 Å². The molecule has 1 aromatic heterocycles. The van der Waals surface area contributed by atoms with Crippen molar-refractivity contribution in [2.75, 3.05) is 7.11 Å². The molecule has 138 valence electrons. The zero-order valence-electron chi connectivity index (χ0n) is 15.3. The van der Waals surface area contributed by atoms with E-state index >= 15 is 0 Å². The van der Waals surface area contributed by atoms with Crippen molar-refractivity contribution in [3.63, 3.8) is 0 Å². The first kappa shape index (κ1) is 19.0. The first-order chi connectivity index (χ1) is 11.7. The quantitative estimate of drug-likeness (QED) is 0.755. The molecule has 1 aliphatic rings. The molecular weight excluding hydrogens is 322 g/mol. The Morgan fingerprint density at radius 1 is 1.36 bits per heavy atom. The number of aromatic hydroxyl groups is 1. The van der Waals surface area contributed by atoms with Crippen molar-refractivity contribution in [3.8, 4) is 11.5 Å². The number of rotatable bonds is 5. The maximum atomic E-state index is 12.3. The highest BCUT2D eigenvalue weighted by Crippen LogP contribution is 2.35. The third kappa shape index (κ3) is 4.84. The monoisotopic (exact) mass is 349 g/mol. The minimum absolute atomic E-state index is 0.142. The van der Waals surface area contributed by atoms with Gasteiger partial charge in [0.15, 0.2) is 17.2 Å². The highest BCUT2D eigenvalue weighted by molar-refractivity contribution is 5.98. The van der Waals surface area contributed by atoms with Gasteiger partial charge in [0.25, 0.3) is 5.91 Å². The summed E-state index contributed by atoms with van der Waals surface area (Å²) in [4.78, 5) is 28.4. The van der Waals surface area contributed by atoms with Gasteiger partial charge in [0, 0.05) is 18.3 Å². The number of carbonyl (C=O) groups excluding carboxylic acids is 2. The number of amides is 2. The van der Waals surface area contributed by atoms with E-state index in [0.29, 0.717) is 5.41 Å². The third-order valence-electron chi connectivity index (χ3n) is 4.75. The Hall–Kier alpha value is -2.31. The van der Waals surface area contributed by atoms with Crippen LogP contribution in [0.5, 0.6) is 11.5 Å². The number of hydrogen-bond acceptors (Lipinski definition) is 5. The van der Waals surface area contributed by atoms with Crippen LogP contribution >= 0.6 is 0 Å². The molecule has 25 heavy (non-hydrogen) atoms. The van der Waals surface area contributed by atoms with Gasteiger partial charge in [0.05, 0.1) is 7.11 Å². The van der Waals surface area contributed by atoms with E-state index < -0.39 is 11.9 Å². The molecule has 0 saturated heterocycles. The van der Waals surface area contributed by atoms with Crippen molar-refractivity contribution in [2.45, 2.75) is 58.5 Å². The smallest absolute Gasteiger partial charge is 0.274 e. The van der Waals surface area contributed by atoms with Crippen LogP contribution in [0.1, 0.15) is 56.9 Å². The normalized spacial score (nSPS) is 18.2. The van der Waals surface area contributed by atoms with Gasteiger partial charge >= 0.3 is 0 Å². The SMILES string of the molecule is COc1ccnc(C(=O)N[C@@H](C)C(=O)NC2CCC(C)(C)CC2)c1O. The van der Waals surface area contributed by atoms with Crippen LogP contribution in [0.3, 0.4) is 0 Å². The zero-order valence-corrected chi connectivity index (χ0v) is 15.3. The Kier molecular flexibility index (Phi) is 5.87. The van der Waals surface area contributed by atoms with Crippen molar-refractivity contribution in [3.05, 3.63) is 18.0 Å². The van der Waals surface area contributed by atoms with E-state index in [1.165, 1.54) is 19.4 Å². The number of carbonyl (C=O) groups is 2. The van der Waals surface area contributed by atoms with E-state index in [9.17, 15) is 14.7 Å². The summed E-state index contributed by atoms with van der Waals surface area (Å²) in [5.41, 5.74) is 0.162. The molecule has 0 aromatic carbocycles. The minimum atomic E-state index is -0.727. The molecule has 0 unspecified atom stereocenters. The number of nitrogens with one attached hydrogen (secondary N) is 2. The van der Waals surface area contributed by atoms with E-state index in [4.69, 9.17) is 4.74 Å². The lowest BCUT2D eigenvalue weighted by molar-refractivity contribution is -0.123. The Bertz CT molecular complexity index is 635. The van der Waals surface area contributed by atoms with Gasteiger partial charge in [-0.15, -0.1) is 0 Å². The number of hydrogen-bond donors (Lipinski definition) is 3. The van der Waals surface area contributed by atoms with Gasteiger partial charge in [-0.05, 0) is 38.0 Å². The van der Waals surface area contributed by atoms with Gasteiger partial charge in [-0.1, -0.05) is 13.8 Å². The van der Waals surface area contributed by atoms with Gasteiger partial charge < -0.3 is 20.5 Å². The topological polar surface area (TPSA) is 101 Å². The molecule has 3 N–H and O–H groups in total. The van der Waals surface area contributed by atoms with Crippen molar-refractivity contribution in [1.82, 2.24) is 15.6 Å². The first-order valence-corrected chi connectivity index (χ1v) is 8.57. The lowest BCUT2D eigenvalue weighted by Gasteiger charge is -2.35. The fourth-order valence-electron chi connectivity index (χ4n) is 2.97. The number of pyridine rings is 1. The van der Waals surface area contributed by atoms with Crippen LogP contribution in [0.4, 0.5) is 0 Å². The second kappa shape index (κ2) is 7.72. The van der Waals surface area contributed by atoms with Gasteiger partial charge in [0.1, 0.15) is 6.04 Å². The molecule has 1 heterocycles. The highest BCUT2D eigenvalue weighted by atomic mass is 16.5. The predicted molar refractivity (Wildman–Crippen MR) is 93.6 cm³/mol. The standard InChI is InChI=1S/C18H27N3O4/c1-11(16(23)21-12-5-8-18(2,3)9-6-12)20-17(24)14-15(22)13(25-4)7-10-19-14/h7,10-12,22H,5-6,8-9H2,1-4H3,(H,20,24)(H,21,23)/t11-/m0/s1. The van der Waals surface area contributed by atoms with Gasteiger partial charge in [-0.3, -0.25) is 9.59 Å². The molecule has 1 atom stereocenters. The molecule has 7 nitrogen and oxygen atoms in total. The van der Waals surface area contributed by atoms with Crippen LogP contribution < -0.4 is 15.4 Å². The van der Waals surface area contributed by atoms with E-state index in [1.807, 2.05) is 0 Å². The Morgan fingerprint density at radius 3 is 2.60 bits per heavy atom. The highest BCUT2D eigenvalue weighted by Gasteiger charge is 2.29.